The summed E-state index contributed by atoms with van der Waals surface area (Å²) in [6.45, 7) is 7.87. The number of halogens is 1. The van der Waals surface area contributed by atoms with E-state index in [-0.39, 0.29) is 24.0 Å². The van der Waals surface area contributed by atoms with Crippen molar-refractivity contribution in [1.29, 1.82) is 0 Å². The maximum Gasteiger partial charge on any atom is 0.191 e. The number of nitrogens with one attached hydrogen (secondary N) is 2. The predicted molar refractivity (Wildman–Crippen MR) is 101 cm³/mol. The van der Waals surface area contributed by atoms with Gasteiger partial charge in [0.2, 0.25) is 0 Å². The fourth-order valence-corrected chi connectivity index (χ4v) is 2.73. The molecule has 0 radical (unpaired) electrons. The van der Waals surface area contributed by atoms with Gasteiger partial charge in [-0.2, -0.15) is 0 Å². The molecule has 0 aromatic carbocycles. The molecule has 2 aliphatic rings. The van der Waals surface area contributed by atoms with Crippen molar-refractivity contribution in [2.45, 2.75) is 44.8 Å². The Bertz CT molecular complexity index is 343. The summed E-state index contributed by atoms with van der Waals surface area (Å²) in [5.74, 6) is 1.63. The molecule has 2 N–H and O–H groups in total. The van der Waals surface area contributed by atoms with Gasteiger partial charge >= 0.3 is 0 Å². The molecule has 3 atom stereocenters. The van der Waals surface area contributed by atoms with Crippen LogP contribution in [-0.4, -0.2) is 74.7 Å². The Morgan fingerprint density at radius 3 is 2.52 bits per heavy atom. The zero-order valence-electron chi connectivity index (χ0n) is 14.1. The fourth-order valence-electron chi connectivity index (χ4n) is 2.73. The maximum absolute atomic E-state index is 4.36. The number of rotatable bonds is 5. The molecule has 5 nitrogen and oxygen atoms in total. The van der Waals surface area contributed by atoms with Gasteiger partial charge in [0.15, 0.2) is 5.96 Å². The van der Waals surface area contributed by atoms with E-state index >= 15 is 0 Å². The van der Waals surface area contributed by atoms with E-state index in [0.29, 0.717) is 18.0 Å². The fraction of sp³-hybridized carbons (Fsp3) is 0.933. The van der Waals surface area contributed by atoms with Gasteiger partial charge in [0.1, 0.15) is 0 Å². The molecule has 0 bridgehead atoms. The lowest BCUT2D eigenvalue weighted by molar-refractivity contribution is 0.311. The average molecular weight is 409 g/mol. The van der Waals surface area contributed by atoms with Crippen LogP contribution in [0.15, 0.2) is 4.99 Å². The first-order valence-electron chi connectivity index (χ1n) is 7.89. The van der Waals surface area contributed by atoms with Gasteiger partial charge in [-0.25, -0.2) is 0 Å². The third-order valence-electron chi connectivity index (χ3n) is 4.70. The van der Waals surface area contributed by atoms with Gasteiger partial charge in [-0.05, 0) is 39.8 Å². The van der Waals surface area contributed by atoms with Crippen molar-refractivity contribution < 1.29 is 0 Å². The second kappa shape index (κ2) is 8.53. The van der Waals surface area contributed by atoms with Crippen LogP contribution in [0.2, 0.25) is 0 Å². The second-order valence-corrected chi connectivity index (χ2v) is 6.68. The number of hydrogen-bond acceptors (Lipinski definition) is 3. The molecular weight excluding hydrogens is 377 g/mol. The molecule has 21 heavy (non-hydrogen) atoms. The van der Waals surface area contributed by atoms with E-state index in [1.165, 1.54) is 19.4 Å². The van der Waals surface area contributed by atoms with Crippen LogP contribution in [0.25, 0.3) is 0 Å². The highest BCUT2D eigenvalue weighted by Crippen LogP contribution is 2.31. The van der Waals surface area contributed by atoms with Crippen LogP contribution in [0.1, 0.15) is 26.7 Å². The molecule has 2 fully saturated rings. The summed E-state index contributed by atoms with van der Waals surface area (Å²) in [5.41, 5.74) is 0. The highest BCUT2D eigenvalue weighted by molar-refractivity contribution is 14.0. The molecule has 0 spiro atoms. The Morgan fingerprint density at radius 2 is 2.00 bits per heavy atom. The standard InChI is InChI=1S/C15H31N5.HI/c1-11-9-20(13-6-7-13)10-14(11)18-15(16-3)17-8-12(2)19(4)5;/h11-14H,6-10H2,1-5H3,(H2,16,17,18);1H. The summed E-state index contributed by atoms with van der Waals surface area (Å²) in [5, 5.41) is 7.04. The van der Waals surface area contributed by atoms with Crippen LogP contribution in [-0.2, 0) is 0 Å². The Hall–Kier alpha value is -0.0800. The van der Waals surface area contributed by atoms with Gasteiger partial charge in [-0.15, -0.1) is 24.0 Å². The minimum Gasteiger partial charge on any atom is -0.355 e. The zero-order chi connectivity index (χ0) is 14.7. The van der Waals surface area contributed by atoms with E-state index < -0.39 is 0 Å². The number of likely N-dealkylation sites (tertiary alicyclic amines) is 1. The molecule has 0 aromatic heterocycles. The van der Waals surface area contributed by atoms with E-state index in [1.807, 2.05) is 7.05 Å². The first kappa shape index (κ1) is 19.0. The average Bonchev–Trinajstić information content (AvgIpc) is 3.19. The normalized spacial score (nSPS) is 28.4. The Balaban J connectivity index is 0.00000220. The number of guanidine groups is 1. The minimum absolute atomic E-state index is 0. The number of aliphatic imine (C=N–C) groups is 1. The number of hydrogen-bond donors (Lipinski definition) is 2. The highest BCUT2D eigenvalue weighted by atomic mass is 127. The summed E-state index contributed by atoms with van der Waals surface area (Å²) in [4.78, 5) is 9.21. The van der Waals surface area contributed by atoms with Crippen LogP contribution in [0.3, 0.4) is 0 Å². The molecule has 0 aromatic rings. The van der Waals surface area contributed by atoms with Gasteiger partial charge in [0.25, 0.3) is 0 Å². The molecule has 1 saturated heterocycles. The van der Waals surface area contributed by atoms with Crippen molar-refractivity contribution in [3.05, 3.63) is 0 Å². The lowest BCUT2D eigenvalue weighted by Crippen LogP contribution is -2.49. The SMILES string of the molecule is CN=C(NCC(C)N(C)C)NC1CN(C2CC2)CC1C.I. The Labute approximate surface area is 146 Å². The lowest BCUT2D eigenvalue weighted by atomic mass is 10.1. The molecule has 0 amide bonds. The first-order valence-corrected chi connectivity index (χ1v) is 7.89. The Kier molecular flexibility index (Phi) is 7.70. The van der Waals surface area contributed by atoms with Crippen molar-refractivity contribution in [2.75, 3.05) is 40.8 Å². The van der Waals surface area contributed by atoms with Crippen LogP contribution in [0.4, 0.5) is 0 Å². The highest BCUT2D eigenvalue weighted by Gasteiger charge is 2.38. The molecule has 1 saturated carbocycles. The van der Waals surface area contributed by atoms with Gasteiger partial charge in [0, 0.05) is 44.8 Å². The van der Waals surface area contributed by atoms with Crippen molar-refractivity contribution in [3.63, 3.8) is 0 Å². The molecule has 6 heteroatoms. The van der Waals surface area contributed by atoms with Crippen LogP contribution < -0.4 is 10.6 Å². The zero-order valence-corrected chi connectivity index (χ0v) is 16.4. The molecule has 124 valence electrons. The van der Waals surface area contributed by atoms with Crippen LogP contribution >= 0.6 is 24.0 Å². The second-order valence-electron chi connectivity index (χ2n) is 6.68. The smallest absolute Gasteiger partial charge is 0.191 e. The summed E-state index contributed by atoms with van der Waals surface area (Å²) in [6.07, 6.45) is 2.79. The van der Waals surface area contributed by atoms with Crippen molar-refractivity contribution >= 4 is 29.9 Å². The summed E-state index contributed by atoms with van der Waals surface area (Å²) in [6, 6.07) is 1.89. The molecule has 3 unspecified atom stereocenters. The third kappa shape index (κ3) is 5.56. The van der Waals surface area contributed by atoms with Gasteiger partial charge in [0.05, 0.1) is 0 Å². The van der Waals surface area contributed by atoms with E-state index in [1.54, 1.807) is 0 Å². The summed E-state index contributed by atoms with van der Waals surface area (Å²) >= 11 is 0. The molecule has 1 aliphatic carbocycles. The lowest BCUT2D eigenvalue weighted by Gasteiger charge is -2.24. The van der Waals surface area contributed by atoms with Crippen LogP contribution in [0, 0.1) is 5.92 Å². The topological polar surface area (TPSA) is 42.9 Å². The van der Waals surface area contributed by atoms with Crippen molar-refractivity contribution in [2.24, 2.45) is 10.9 Å². The van der Waals surface area contributed by atoms with E-state index in [4.69, 9.17) is 0 Å². The van der Waals surface area contributed by atoms with E-state index in [0.717, 1.165) is 25.1 Å². The molecule has 1 heterocycles. The van der Waals surface area contributed by atoms with Crippen molar-refractivity contribution in [3.8, 4) is 0 Å². The summed E-state index contributed by atoms with van der Waals surface area (Å²) < 4.78 is 0. The molecule has 1 aliphatic heterocycles. The quantitative estimate of drug-likeness (QED) is 0.407. The summed E-state index contributed by atoms with van der Waals surface area (Å²) in [7, 11) is 6.07. The van der Waals surface area contributed by atoms with E-state index in [9.17, 15) is 0 Å². The number of nitrogens with zero attached hydrogens (tertiary/aromatic N) is 3. The van der Waals surface area contributed by atoms with Gasteiger partial charge < -0.3 is 15.5 Å². The van der Waals surface area contributed by atoms with Crippen LogP contribution in [0.5, 0.6) is 0 Å². The van der Waals surface area contributed by atoms with E-state index in [2.05, 4.69) is 53.4 Å². The molecular formula is C15H32IN5. The Morgan fingerprint density at radius 1 is 1.33 bits per heavy atom. The third-order valence-corrected chi connectivity index (χ3v) is 4.70. The number of likely N-dealkylation sites (N-methyl/N-ethyl adjacent to an activating group) is 1. The first-order chi connectivity index (χ1) is 9.51. The molecule has 2 rings (SSSR count). The minimum atomic E-state index is 0. The largest absolute Gasteiger partial charge is 0.355 e. The monoisotopic (exact) mass is 409 g/mol. The van der Waals surface area contributed by atoms with Crippen molar-refractivity contribution in [1.82, 2.24) is 20.4 Å². The van der Waals surface area contributed by atoms with Gasteiger partial charge in [-0.3, -0.25) is 9.89 Å². The maximum atomic E-state index is 4.36. The predicted octanol–water partition coefficient (Wildman–Crippen LogP) is 1.20. The van der Waals surface area contributed by atoms with Gasteiger partial charge in [-0.1, -0.05) is 6.92 Å².